The van der Waals surface area contributed by atoms with Gasteiger partial charge in [0.05, 0.1) is 0 Å². The Morgan fingerprint density at radius 2 is 2.14 bits per heavy atom. The van der Waals surface area contributed by atoms with Crippen LogP contribution in [0.3, 0.4) is 0 Å². The minimum atomic E-state index is -1.25. The number of carbonyl (C=O) groups is 4. The summed E-state index contributed by atoms with van der Waals surface area (Å²) in [5, 5.41) is 11.5. The van der Waals surface area contributed by atoms with E-state index in [0.29, 0.717) is 11.3 Å². The number of nitrogens with one attached hydrogen (secondary N) is 1. The van der Waals surface area contributed by atoms with E-state index >= 15 is 0 Å². The van der Waals surface area contributed by atoms with Crippen molar-refractivity contribution in [2.75, 3.05) is 12.4 Å². The van der Waals surface area contributed by atoms with Crippen molar-refractivity contribution < 1.29 is 29.0 Å². The first-order valence-corrected chi connectivity index (χ1v) is 7.74. The van der Waals surface area contributed by atoms with Crippen molar-refractivity contribution in [2.24, 2.45) is 0 Å². The lowest BCUT2D eigenvalue weighted by Gasteiger charge is -2.49. The summed E-state index contributed by atoms with van der Waals surface area (Å²) >= 11 is 1.34. The van der Waals surface area contributed by atoms with Crippen LogP contribution in [0, 0.1) is 0 Å². The number of ether oxygens (including phenoxy) is 1. The molecule has 2 amide bonds. The first-order valence-electron chi connectivity index (χ1n) is 6.69. The van der Waals surface area contributed by atoms with Crippen molar-refractivity contribution in [1.29, 1.82) is 0 Å². The number of thioether (sulfide) groups is 1. The largest absolute Gasteiger partial charge is 0.477 e. The van der Waals surface area contributed by atoms with E-state index in [2.05, 4.69) is 5.32 Å². The number of fused-ring (bicyclic) bond motifs is 1. The summed E-state index contributed by atoms with van der Waals surface area (Å²) in [5.74, 6) is -2.17. The Morgan fingerprint density at radius 3 is 2.68 bits per heavy atom. The fourth-order valence-corrected chi connectivity index (χ4v) is 3.59. The Kier molecular flexibility index (Phi) is 4.74. The molecule has 22 heavy (non-hydrogen) atoms. The number of hydrogen-bond donors (Lipinski definition) is 2. The van der Waals surface area contributed by atoms with Gasteiger partial charge in [0.1, 0.15) is 23.7 Å². The molecule has 2 heterocycles. The Hall–Kier alpha value is -2.03. The lowest BCUT2D eigenvalue weighted by atomic mass is 10.0. The maximum Gasteiger partial charge on any atom is 0.352 e. The quantitative estimate of drug-likeness (QED) is 0.526. The number of β-lactam (4-membered cyclic amide) rings is 1. The van der Waals surface area contributed by atoms with Crippen molar-refractivity contribution in [3.8, 4) is 0 Å². The van der Waals surface area contributed by atoms with Gasteiger partial charge in [-0.05, 0) is 0 Å². The van der Waals surface area contributed by atoms with Crippen molar-refractivity contribution in [1.82, 2.24) is 10.2 Å². The van der Waals surface area contributed by atoms with Gasteiger partial charge < -0.3 is 15.2 Å². The maximum absolute atomic E-state index is 12.1. The van der Waals surface area contributed by atoms with Crippen molar-refractivity contribution in [2.45, 2.75) is 31.7 Å². The van der Waals surface area contributed by atoms with Crippen molar-refractivity contribution >= 4 is 35.5 Å². The zero-order valence-corrected chi connectivity index (χ0v) is 12.9. The number of aliphatic carboxylic acids is 1. The summed E-state index contributed by atoms with van der Waals surface area (Å²) < 4.78 is 4.83. The summed E-state index contributed by atoms with van der Waals surface area (Å²) in [5.41, 5.74) is 0.217. The Bertz CT molecular complexity index is 573. The molecule has 0 unspecified atom stereocenters. The molecule has 0 aromatic rings. The van der Waals surface area contributed by atoms with E-state index in [1.54, 1.807) is 6.92 Å². The van der Waals surface area contributed by atoms with Crippen LogP contribution in [0.4, 0.5) is 0 Å². The average molecular weight is 328 g/mol. The lowest BCUT2D eigenvalue weighted by Crippen LogP contribution is -2.70. The monoisotopic (exact) mass is 328 g/mol. The number of hydrogen-bond acceptors (Lipinski definition) is 6. The Morgan fingerprint density at radius 1 is 1.45 bits per heavy atom. The second-order valence-corrected chi connectivity index (χ2v) is 5.95. The van der Waals surface area contributed by atoms with E-state index in [1.807, 2.05) is 0 Å². The molecule has 8 nitrogen and oxygen atoms in total. The maximum atomic E-state index is 12.1. The third-order valence-electron chi connectivity index (χ3n) is 3.34. The van der Waals surface area contributed by atoms with Crippen LogP contribution in [-0.4, -0.2) is 57.5 Å². The first kappa shape index (κ1) is 16.3. The third kappa shape index (κ3) is 2.94. The molecular weight excluding hydrogens is 312 g/mol. The van der Waals surface area contributed by atoms with Crippen LogP contribution in [0.25, 0.3) is 0 Å². The van der Waals surface area contributed by atoms with E-state index in [-0.39, 0.29) is 24.6 Å². The molecule has 2 N–H and O–H groups in total. The van der Waals surface area contributed by atoms with Gasteiger partial charge in [0.25, 0.3) is 5.91 Å². The minimum absolute atomic E-state index is 0.156. The highest BCUT2D eigenvalue weighted by Crippen LogP contribution is 2.40. The molecule has 2 atom stereocenters. The Balaban J connectivity index is 2.19. The van der Waals surface area contributed by atoms with Gasteiger partial charge >= 0.3 is 11.9 Å². The van der Waals surface area contributed by atoms with Gasteiger partial charge in [-0.2, -0.15) is 0 Å². The summed E-state index contributed by atoms with van der Waals surface area (Å²) in [6.45, 7) is 2.74. The predicted octanol–water partition coefficient (Wildman–Crippen LogP) is -0.302. The highest BCUT2D eigenvalue weighted by atomic mass is 32.2. The van der Waals surface area contributed by atoms with E-state index in [0.717, 1.165) is 4.90 Å². The molecule has 0 aromatic heterocycles. The minimum Gasteiger partial charge on any atom is -0.477 e. The standard InChI is InChI=1S/C13H16N2O6S/c1-3-8(17)14-9-11(18)15-10(13(19)20)7(4-21-6(2)16)5-22-12(9)15/h9,12H,3-5H2,1-2H3,(H,14,17)(H,19,20)/t9-,12-/m1/s1. The van der Waals surface area contributed by atoms with Crippen LogP contribution in [0.15, 0.2) is 11.3 Å². The summed E-state index contributed by atoms with van der Waals surface area (Å²) in [6.07, 6.45) is 0.250. The number of carboxylic acid groups (broad SMARTS) is 1. The van der Waals surface area contributed by atoms with E-state index in [4.69, 9.17) is 4.74 Å². The second-order valence-electron chi connectivity index (χ2n) is 4.85. The van der Waals surface area contributed by atoms with Crippen molar-refractivity contribution in [3.63, 3.8) is 0 Å². The first-order chi connectivity index (χ1) is 10.4. The number of esters is 1. The number of rotatable bonds is 5. The highest BCUT2D eigenvalue weighted by molar-refractivity contribution is 8.00. The zero-order chi connectivity index (χ0) is 16.4. The summed E-state index contributed by atoms with van der Waals surface area (Å²) in [6, 6.07) is -0.706. The van der Waals surface area contributed by atoms with Gasteiger partial charge in [0, 0.05) is 24.7 Å². The normalized spacial score (nSPS) is 23.5. The van der Waals surface area contributed by atoms with Crippen LogP contribution >= 0.6 is 11.8 Å². The number of nitrogens with zero attached hydrogens (tertiary/aromatic N) is 1. The van der Waals surface area contributed by atoms with Gasteiger partial charge in [-0.3, -0.25) is 19.3 Å². The van der Waals surface area contributed by atoms with E-state index in [1.165, 1.54) is 18.7 Å². The van der Waals surface area contributed by atoms with Gasteiger partial charge in [-0.15, -0.1) is 11.8 Å². The van der Waals surface area contributed by atoms with Gasteiger partial charge in [-0.1, -0.05) is 6.92 Å². The molecule has 2 rings (SSSR count). The molecule has 120 valence electrons. The fraction of sp³-hybridized carbons (Fsp3) is 0.538. The summed E-state index contributed by atoms with van der Waals surface area (Å²) in [4.78, 5) is 47.0. The SMILES string of the molecule is CCC(=O)N[C@@H]1C(=O)N2C(C(=O)O)=C(COC(C)=O)CS[C@H]12. The van der Waals surface area contributed by atoms with E-state index < -0.39 is 29.3 Å². The van der Waals surface area contributed by atoms with Gasteiger partial charge in [0.2, 0.25) is 5.91 Å². The average Bonchev–Trinajstić information content (AvgIpc) is 2.48. The van der Waals surface area contributed by atoms with E-state index in [9.17, 15) is 24.3 Å². The molecule has 0 aliphatic carbocycles. The van der Waals surface area contributed by atoms with Crippen LogP contribution in [0.2, 0.25) is 0 Å². The van der Waals surface area contributed by atoms with Crippen molar-refractivity contribution in [3.05, 3.63) is 11.3 Å². The number of carbonyl (C=O) groups excluding carboxylic acids is 3. The van der Waals surface area contributed by atoms with Crippen LogP contribution < -0.4 is 5.32 Å². The van der Waals surface area contributed by atoms with Crippen LogP contribution in [0.1, 0.15) is 20.3 Å². The fourth-order valence-electron chi connectivity index (χ4n) is 2.26. The van der Waals surface area contributed by atoms with Gasteiger partial charge in [0.15, 0.2) is 0 Å². The summed E-state index contributed by atoms with van der Waals surface area (Å²) in [7, 11) is 0. The number of carboxylic acids is 1. The zero-order valence-electron chi connectivity index (χ0n) is 12.1. The lowest BCUT2D eigenvalue weighted by molar-refractivity contribution is -0.151. The smallest absolute Gasteiger partial charge is 0.352 e. The molecule has 2 aliphatic heterocycles. The molecule has 0 bridgehead atoms. The topological polar surface area (TPSA) is 113 Å². The highest BCUT2D eigenvalue weighted by Gasteiger charge is 2.54. The molecule has 0 radical (unpaired) electrons. The second kappa shape index (κ2) is 6.39. The predicted molar refractivity (Wildman–Crippen MR) is 76.6 cm³/mol. The molecule has 0 aromatic carbocycles. The molecule has 2 aliphatic rings. The van der Waals surface area contributed by atoms with Gasteiger partial charge in [-0.25, -0.2) is 4.79 Å². The molecule has 9 heteroatoms. The molecule has 0 spiro atoms. The molecule has 1 saturated heterocycles. The molecule has 1 fully saturated rings. The number of amides is 2. The third-order valence-corrected chi connectivity index (χ3v) is 4.68. The Labute approximate surface area is 130 Å². The van der Waals surface area contributed by atoms with Crippen LogP contribution in [-0.2, 0) is 23.9 Å². The molecular formula is C13H16N2O6S. The molecule has 0 saturated carbocycles. The van der Waals surface area contributed by atoms with Crippen LogP contribution in [0.5, 0.6) is 0 Å².